The largest absolute Gasteiger partial charge is 0.507 e. The van der Waals surface area contributed by atoms with Crippen molar-refractivity contribution in [3.8, 4) is 16.9 Å². The molecule has 0 spiro atoms. The van der Waals surface area contributed by atoms with Crippen LogP contribution in [0.5, 0.6) is 5.75 Å². The van der Waals surface area contributed by atoms with Gasteiger partial charge in [-0.15, -0.1) is 0 Å². The van der Waals surface area contributed by atoms with Crippen LogP contribution >= 0.6 is 0 Å². The Morgan fingerprint density at radius 2 is 1.77 bits per heavy atom. The van der Waals surface area contributed by atoms with E-state index in [9.17, 15) is 27.5 Å². The number of aromatic nitrogens is 2. The number of nitrogens with zero attached hydrogens (tertiary/aromatic N) is 1. The average Bonchev–Trinajstić information content (AvgIpc) is 3.34. The molecule has 0 aliphatic rings. The second kappa shape index (κ2) is 9.76. The molecule has 0 fully saturated rings. The Kier molecular flexibility index (Phi) is 6.44. The molecule has 5 aromatic rings. The van der Waals surface area contributed by atoms with Gasteiger partial charge in [-0.3, -0.25) is 14.3 Å². The van der Waals surface area contributed by atoms with Crippen LogP contribution in [0.4, 0.5) is 14.5 Å². The van der Waals surface area contributed by atoms with Gasteiger partial charge in [0, 0.05) is 28.9 Å². The standard InChI is InChI=1S/C28H19F2N3O5S/c1-15-2-6-19(7-3-15)39(37,38)33-23-9-8-22(29)25(26(23)30)27(36)21-13-32-28-20(21)10-18(12-31-28)16-4-5-17(14-34)24(35)11-16/h2-14,33,35H,1H3,(H,31,32). The van der Waals surface area contributed by atoms with Gasteiger partial charge in [0.15, 0.2) is 12.1 Å². The van der Waals surface area contributed by atoms with Gasteiger partial charge < -0.3 is 10.1 Å². The summed E-state index contributed by atoms with van der Waals surface area (Å²) in [5.74, 6) is -3.83. The number of fused-ring (bicyclic) bond motifs is 1. The molecule has 39 heavy (non-hydrogen) atoms. The first-order valence-corrected chi connectivity index (χ1v) is 13.0. The first-order chi connectivity index (χ1) is 18.6. The molecule has 2 heterocycles. The van der Waals surface area contributed by atoms with Crippen LogP contribution in [-0.4, -0.2) is 35.6 Å². The minimum atomic E-state index is -4.22. The number of halogens is 2. The van der Waals surface area contributed by atoms with Crippen molar-refractivity contribution in [2.24, 2.45) is 0 Å². The van der Waals surface area contributed by atoms with Gasteiger partial charge in [-0.1, -0.05) is 23.8 Å². The number of carbonyl (C=O) groups excluding carboxylic acids is 2. The minimum absolute atomic E-state index is 0.0918. The predicted molar refractivity (Wildman–Crippen MR) is 140 cm³/mol. The molecule has 11 heteroatoms. The van der Waals surface area contributed by atoms with Gasteiger partial charge in [-0.2, -0.15) is 0 Å². The first kappa shape index (κ1) is 25.7. The summed E-state index contributed by atoms with van der Waals surface area (Å²) in [6.07, 6.45) is 3.21. The van der Waals surface area contributed by atoms with Crippen LogP contribution in [-0.2, 0) is 10.0 Å². The second-order valence-electron chi connectivity index (χ2n) is 8.75. The lowest BCUT2D eigenvalue weighted by molar-refractivity contribution is 0.103. The molecule has 0 atom stereocenters. The van der Waals surface area contributed by atoms with Crippen LogP contribution in [0.3, 0.4) is 0 Å². The van der Waals surface area contributed by atoms with E-state index in [1.807, 2.05) is 0 Å². The summed E-state index contributed by atoms with van der Waals surface area (Å²) in [4.78, 5) is 31.3. The summed E-state index contributed by atoms with van der Waals surface area (Å²) < 4.78 is 57.9. The van der Waals surface area contributed by atoms with E-state index in [4.69, 9.17) is 0 Å². The van der Waals surface area contributed by atoms with Gasteiger partial charge in [0.25, 0.3) is 10.0 Å². The molecule has 0 bridgehead atoms. The van der Waals surface area contributed by atoms with E-state index in [2.05, 4.69) is 14.7 Å². The molecule has 3 N–H and O–H groups in total. The number of sulfonamides is 1. The number of anilines is 1. The zero-order valence-corrected chi connectivity index (χ0v) is 21.0. The van der Waals surface area contributed by atoms with Gasteiger partial charge in [0.2, 0.25) is 5.78 Å². The zero-order chi connectivity index (χ0) is 27.9. The minimum Gasteiger partial charge on any atom is -0.507 e. The highest BCUT2D eigenvalue weighted by molar-refractivity contribution is 7.92. The number of aromatic hydroxyl groups is 1. The monoisotopic (exact) mass is 547 g/mol. The molecular weight excluding hydrogens is 528 g/mol. The van der Waals surface area contributed by atoms with E-state index < -0.39 is 38.7 Å². The number of hydrogen-bond donors (Lipinski definition) is 3. The lowest BCUT2D eigenvalue weighted by Crippen LogP contribution is -2.16. The van der Waals surface area contributed by atoms with Crippen molar-refractivity contribution in [1.82, 2.24) is 9.97 Å². The number of rotatable bonds is 7. The fourth-order valence-electron chi connectivity index (χ4n) is 4.07. The lowest BCUT2D eigenvalue weighted by Gasteiger charge is -2.12. The van der Waals surface area contributed by atoms with Crippen LogP contribution in [0.2, 0.25) is 0 Å². The number of aryl methyl sites for hydroxylation is 1. The van der Waals surface area contributed by atoms with Crippen molar-refractivity contribution in [3.05, 3.63) is 107 Å². The molecule has 0 aliphatic heterocycles. The Morgan fingerprint density at radius 1 is 1.03 bits per heavy atom. The normalized spacial score (nSPS) is 11.5. The number of aldehydes is 1. The maximum Gasteiger partial charge on any atom is 0.261 e. The van der Waals surface area contributed by atoms with Crippen LogP contribution in [0.25, 0.3) is 22.2 Å². The molecule has 3 aromatic carbocycles. The topological polar surface area (TPSA) is 129 Å². The molecule has 0 radical (unpaired) electrons. The molecule has 0 unspecified atom stereocenters. The number of carbonyl (C=O) groups is 2. The van der Waals surface area contributed by atoms with E-state index in [1.54, 1.807) is 31.2 Å². The van der Waals surface area contributed by atoms with Gasteiger partial charge in [-0.05, 0) is 55.0 Å². The summed E-state index contributed by atoms with van der Waals surface area (Å²) in [7, 11) is -4.22. The number of phenolic OH excluding ortho intramolecular Hbond substituents is 1. The Morgan fingerprint density at radius 3 is 2.46 bits per heavy atom. The highest BCUT2D eigenvalue weighted by Gasteiger charge is 2.26. The summed E-state index contributed by atoms with van der Waals surface area (Å²) in [6, 6.07) is 13.4. The Labute approximate surface area is 221 Å². The molecule has 8 nitrogen and oxygen atoms in total. The van der Waals surface area contributed by atoms with E-state index in [0.717, 1.165) is 17.7 Å². The Hall–Kier alpha value is -4.90. The number of nitrogens with one attached hydrogen (secondary N) is 2. The molecule has 196 valence electrons. The number of ketones is 1. The van der Waals surface area contributed by atoms with Crippen LogP contribution in [0.1, 0.15) is 31.8 Å². The number of aromatic amines is 1. The van der Waals surface area contributed by atoms with Crippen LogP contribution in [0.15, 0.2) is 78.0 Å². The zero-order valence-electron chi connectivity index (χ0n) is 20.2. The lowest BCUT2D eigenvalue weighted by atomic mass is 9.99. The maximum atomic E-state index is 15.5. The van der Waals surface area contributed by atoms with Gasteiger partial charge in [-0.25, -0.2) is 22.2 Å². The van der Waals surface area contributed by atoms with Crippen LogP contribution < -0.4 is 4.72 Å². The number of phenols is 1. The quantitative estimate of drug-likeness (QED) is 0.186. The fourth-order valence-corrected chi connectivity index (χ4v) is 5.13. The van der Waals surface area contributed by atoms with Crippen molar-refractivity contribution in [2.45, 2.75) is 11.8 Å². The fraction of sp³-hybridized carbons (Fsp3) is 0.0357. The van der Waals surface area contributed by atoms with E-state index in [1.165, 1.54) is 36.7 Å². The van der Waals surface area contributed by atoms with Crippen molar-refractivity contribution in [3.63, 3.8) is 0 Å². The molecule has 0 saturated carbocycles. The molecule has 5 rings (SSSR count). The first-order valence-electron chi connectivity index (χ1n) is 11.5. The number of benzene rings is 3. The molecule has 0 amide bonds. The molecular formula is C28H19F2N3O5S. The van der Waals surface area contributed by atoms with Gasteiger partial charge >= 0.3 is 0 Å². The summed E-state index contributed by atoms with van der Waals surface area (Å²) in [5, 5.41) is 10.3. The summed E-state index contributed by atoms with van der Waals surface area (Å²) in [6.45, 7) is 1.78. The summed E-state index contributed by atoms with van der Waals surface area (Å²) in [5.41, 5.74) is 0.469. The SMILES string of the molecule is Cc1ccc(S(=O)(=O)Nc2ccc(F)c(C(=O)c3c[nH]c4ncc(-c5ccc(C=O)c(O)c5)cc34)c2F)cc1. The van der Waals surface area contributed by atoms with Gasteiger partial charge in [0.05, 0.1) is 21.7 Å². The van der Waals surface area contributed by atoms with Crippen molar-refractivity contribution < 1.29 is 31.9 Å². The predicted octanol–water partition coefficient (Wildman–Crippen LogP) is 5.37. The van der Waals surface area contributed by atoms with E-state index >= 15 is 4.39 Å². The maximum absolute atomic E-state index is 15.5. The summed E-state index contributed by atoms with van der Waals surface area (Å²) >= 11 is 0. The number of pyridine rings is 1. The Bertz CT molecular complexity index is 1880. The van der Waals surface area contributed by atoms with Crippen molar-refractivity contribution >= 4 is 38.8 Å². The molecule has 0 saturated heterocycles. The van der Waals surface area contributed by atoms with Gasteiger partial charge in [0.1, 0.15) is 17.2 Å². The van der Waals surface area contributed by atoms with E-state index in [-0.39, 0.29) is 32.8 Å². The molecule has 0 aliphatic carbocycles. The third-order valence-corrected chi connectivity index (χ3v) is 7.54. The highest BCUT2D eigenvalue weighted by Crippen LogP contribution is 2.31. The smallest absolute Gasteiger partial charge is 0.261 e. The third kappa shape index (κ3) is 4.75. The van der Waals surface area contributed by atoms with Crippen LogP contribution in [0, 0.1) is 18.6 Å². The van der Waals surface area contributed by atoms with Crippen molar-refractivity contribution in [2.75, 3.05) is 4.72 Å². The number of hydrogen-bond acceptors (Lipinski definition) is 6. The average molecular weight is 548 g/mol. The second-order valence-corrected chi connectivity index (χ2v) is 10.4. The Balaban J connectivity index is 1.54. The number of H-pyrrole nitrogens is 1. The molecule has 2 aromatic heterocycles. The van der Waals surface area contributed by atoms with Crippen molar-refractivity contribution in [1.29, 1.82) is 0 Å². The van der Waals surface area contributed by atoms with E-state index in [0.29, 0.717) is 17.4 Å². The third-order valence-electron chi connectivity index (χ3n) is 6.16. The highest BCUT2D eigenvalue weighted by atomic mass is 32.2.